The molecule has 0 unspecified atom stereocenters. The van der Waals surface area contributed by atoms with E-state index < -0.39 is 0 Å². The van der Waals surface area contributed by atoms with E-state index in [-0.39, 0.29) is 0 Å². The fraction of sp³-hybridized carbons (Fsp3) is 0. The van der Waals surface area contributed by atoms with Crippen molar-refractivity contribution in [2.45, 2.75) is 0 Å². The van der Waals surface area contributed by atoms with E-state index in [4.69, 9.17) is 4.98 Å². The van der Waals surface area contributed by atoms with Crippen LogP contribution in [-0.2, 0) is 0 Å². The van der Waals surface area contributed by atoms with E-state index in [9.17, 15) is 5.26 Å². The molecule has 0 bridgehead atoms. The Hall–Kier alpha value is -10.6. The van der Waals surface area contributed by atoms with Crippen molar-refractivity contribution in [1.82, 2.24) is 23.7 Å². The quantitative estimate of drug-likeness (QED) is 0.161. The molecule has 77 heavy (non-hydrogen) atoms. The predicted octanol–water partition coefficient (Wildman–Crippen LogP) is 18.2. The molecule has 5 aromatic heterocycles. The van der Waals surface area contributed by atoms with Crippen LogP contribution in [0.15, 0.2) is 231 Å². The van der Waals surface area contributed by atoms with Gasteiger partial charge in [-0.3, -0.25) is 9.97 Å². The lowest BCUT2D eigenvalue weighted by Gasteiger charge is -2.28. The van der Waals surface area contributed by atoms with Crippen LogP contribution in [0, 0.1) is 11.3 Å². The zero-order valence-electron chi connectivity index (χ0n) is 41.1. The lowest BCUT2D eigenvalue weighted by atomic mass is 9.88. The zero-order valence-corrected chi connectivity index (χ0v) is 41.1. The molecule has 0 spiro atoms. The Morgan fingerprint density at radius 1 is 0.299 bits per heavy atom. The first-order valence-electron chi connectivity index (χ1n) is 26.2. The number of aromatic nitrogens is 5. The Kier molecular flexibility index (Phi) is 7.84. The monoisotopic (exact) mass is 974 g/mol. The molecular formula is C71H38N6. The molecule has 5 heterocycles. The number of rotatable bonds is 5. The van der Waals surface area contributed by atoms with Gasteiger partial charge in [0, 0.05) is 78.2 Å². The minimum Gasteiger partial charge on any atom is -0.308 e. The molecule has 0 fully saturated rings. The van der Waals surface area contributed by atoms with Gasteiger partial charge in [0.05, 0.1) is 55.7 Å². The van der Waals surface area contributed by atoms with Crippen LogP contribution in [0.4, 0.5) is 0 Å². The Balaban J connectivity index is 1.17. The molecule has 0 N–H and O–H groups in total. The molecule has 0 atom stereocenters. The van der Waals surface area contributed by atoms with E-state index in [2.05, 4.69) is 231 Å². The van der Waals surface area contributed by atoms with E-state index in [1.807, 2.05) is 24.7 Å². The SMILES string of the molecule is N#Cc1c(-n2c3cccc4c5ccncc5c5cccc2c5c43)c(-c2ccccc2)c(-n2c3cccc4c5ccccc5c5cccc2c5c43)c(-c2ccccc2)c1-n1c2cccc3c4cccnc4c4cccc1c4c32. The van der Waals surface area contributed by atoms with Gasteiger partial charge in [-0.25, -0.2) is 0 Å². The van der Waals surface area contributed by atoms with E-state index in [1.165, 1.54) is 32.3 Å². The van der Waals surface area contributed by atoms with Crippen molar-refractivity contribution < 1.29 is 0 Å². The highest BCUT2D eigenvalue weighted by molar-refractivity contribution is 6.37. The minimum absolute atomic E-state index is 0.558. The number of fused-ring (bicyclic) bond motifs is 9. The topological polar surface area (TPSA) is 64.4 Å². The van der Waals surface area contributed by atoms with Gasteiger partial charge in [-0.1, -0.05) is 164 Å². The first-order valence-corrected chi connectivity index (χ1v) is 26.2. The highest BCUT2D eigenvalue weighted by Gasteiger charge is 2.35. The Labute approximate surface area is 438 Å². The van der Waals surface area contributed by atoms with Gasteiger partial charge in [0.15, 0.2) is 0 Å². The van der Waals surface area contributed by atoms with Crippen LogP contribution in [0.3, 0.4) is 0 Å². The molecule has 0 radical (unpaired) electrons. The van der Waals surface area contributed by atoms with Crippen LogP contribution in [0.2, 0.25) is 0 Å². The molecular weight excluding hydrogens is 937 g/mol. The lowest BCUT2D eigenvalue weighted by molar-refractivity contribution is 1.09. The number of pyridine rings is 2. The maximum atomic E-state index is 12.8. The number of benzene rings is 13. The average molecular weight is 975 g/mol. The van der Waals surface area contributed by atoms with Gasteiger partial charge in [-0.15, -0.1) is 0 Å². The number of nitriles is 1. The van der Waals surface area contributed by atoms with E-state index in [0.29, 0.717) is 5.56 Å². The Bertz CT molecular complexity index is 5070. The second-order valence-corrected chi connectivity index (χ2v) is 20.6. The molecule has 352 valence electrons. The summed E-state index contributed by atoms with van der Waals surface area (Å²) >= 11 is 0. The predicted molar refractivity (Wildman–Crippen MR) is 319 cm³/mol. The molecule has 0 aliphatic rings. The summed E-state index contributed by atoms with van der Waals surface area (Å²) in [5, 5.41) is 32.5. The molecule has 6 heteroatoms. The second kappa shape index (κ2) is 14.8. The normalized spacial score (nSPS) is 12.4. The van der Waals surface area contributed by atoms with Crippen molar-refractivity contribution in [3.05, 3.63) is 236 Å². The summed E-state index contributed by atoms with van der Waals surface area (Å²) in [4.78, 5) is 9.75. The molecule has 13 aromatic carbocycles. The largest absolute Gasteiger partial charge is 0.308 e. The molecule has 0 saturated heterocycles. The molecule has 0 aliphatic carbocycles. The van der Waals surface area contributed by atoms with Gasteiger partial charge < -0.3 is 13.7 Å². The maximum absolute atomic E-state index is 12.8. The summed E-state index contributed by atoms with van der Waals surface area (Å²) in [5.74, 6) is 0. The standard InChI is InChI=1S/C71H38N6/c72-38-52-69(75-54-29-11-24-47-44-35-37-73-39-53(44)49-26-13-31-56(75)66(49)64(47)54)60(40-16-3-1-4-17-40)71(77-57-32-9-22-45-42-20-7-8-21-43(42)46-23-10-33-58(77)63(46)62(45)57)61(41-18-5-2-6-19-41)70(52)76-55-30-12-25-48-50-28-15-36-74-68(50)51-27-14-34-59(76)67(51)65(48)55/h1-37,39H. The number of hydrogen-bond donors (Lipinski definition) is 0. The highest BCUT2D eigenvalue weighted by Crippen LogP contribution is 2.55. The first-order chi connectivity index (χ1) is 38.3. The fourth-order valence-electron chi connectivity index (χ4n) is 14.2. The highest BCUT2D eigenvalue weighted by atomic mass is 15.1. The second-order valence-electron chi connectivity index (χ2n) is 20.6. The van der Waals surface area contributed by atoms with Gasteiger partial charge in [-0.05, 0) is 103 Å². The van der Waals surface area contributed by atoms with Gasteiger partial charge in [-0.2, -0.15) is 5.26 Å². The van der Waals surface area contributed by atoms with Crippen LogP contribution < -0.4 is 0 Å². The van der Waals surface area contributed by atoms with E-state index in [0.717, 1.165) is 137 Å². The van der Waals surface area contributed by atoms with Gasteiger partial charge >= 0.3 is 0 Å². The Morgan fingerprint density at radius 2 is 0.662 bits per heavy atom. The van der Waals surface area contributed by atoms with Crippen molar-refractivity contribution in [2.24, 2.45) is 0 Å². The molecule has 0 amide bonds. The van der Waals surface area contributed by atoms with Crippen molar-refractivity contribution >= 4 is 130 Å². The summed E-state index contributed by atoms with van der Waals surface area (Å²) < 4.78 is 7.41. The lowest BCUT2D eigenvalue weighted by Crippen LogP contribution is -2.13. The van der Waals surface area contributed by atoms with Crippen molar-refractivity contribution in [2.75, 3.05) is 0 Å². The first kappa shape index (κ1) is 40.8. The third-order valence-electron chi connectivity index (χ3n) is 17.0. The fourth-order valence-corrected chi connectivity index (χ4v) is 14.2. The van der Waals surface area contributed by atoms with Crippen molar-refractivity contribution in [3.8, 4) is 45.4 Å². The molecule has 0 saturated carbocycles. The number of nitrogens with zero attached hydrogens (tertiary/aromatic N) is 6. The Morgan fingerprint density at radius 3 is 1.13 bits per heavy atom. The molecule has 18 rings (SSSR count). The smallest absolute Gasteiger partial charge is 0.104 e. The summed E-state index contributed by atoms with van der Waals surface area (Å²) in [6.45, 7) is 0. The number of hydrogen-bond acceptors (Lipinski definition) is 3. The third-order valence-corrected chi connectivity index (χ3v) is 17.0. The van der Waals surface area contributed by atoms with Crippen LogP contribution in [-0.4, -0.2) is 23.7 Å². The molecule has 18 aromatic rings. The van der Waals surface area contributed by atoms with E-state index in [1.54, 1.807) is 0 Å². The summed E-state index contributed by atoms with van der Waals surface area (Å²) in [6.07, 6.45) is 5.80. The van der Waals surface area contributed by atoms with Crippen molar-refractivity contribution in [3.63, 3.8) is 0 Å². The zero-order chi connectivity index (χ0) is 50.2. The van der Waals surface area contributed by atoms with Gasteiger partial charge in [0.25, 0.3) is 0 Å². The summed E-state index contributed by atoms with van der Waals surface area (Å²) in [6, 6.07) is 80.1. The third kappa shape index (κ3) is 5.04. The van der Waals surface area contributed by atoms with Gasteiger partial charge in [0.1, 0.15) is 11.6 Å². The van der Waals surface area contributed by atoms with Crippen LogP contribution in [0.25, 0.3) is 169 Å². The summed E-state index contributed by atoms with van der Waals surface area (Å²) in [7, 11) is 0. The van der Waals surface area contributed by atoms with Crippen molar-refractivity contribution in [1.29, 1.82) is 5.26 Å². The van der Waals surface area contributed by atoms with Crippen LogP contribution >= 0.6 is 0 Å². The van der Waals surface area contributed by atoms with Crippen LogP contribution in [0.5, 0.6) is 0 Å². The van der Waals surface area contributed by atoms with Gasteiger partial charge in [0.2, 0.25) is 0 Å². The van der Waals surface area contributed by atoms with E-state index >= 15 is 0 Å². The minimum atomic E-state index is 0.558. The molecule has 6 nitrogen and oxygen atoms in total. The molecule has 0 aliphatic heterocycles. The van der Waals surface area contributed by atoms with Crippen LogP contribution in [0.1, 0.15) is 5.56 Å². The summed E-state index contributed by atoms with van der Waals surface area (Å²) in [5.41, 5.74) is 14.3. The average Bonchev–Trinajstić information content (AvgIpc) is 4.32. The maximum Gasteiger partial charge on any atom is 0.104 e.